The number of likely N-dealkylation sites (tertiary alicyclic amines) is 1. The molecular weight excluding hydrogens is 278 g/mol. The number of carbonyl (C=O) groups excluding carboxylic acids is 1. The number of hydrogen-bond acceptors (Lipinski definition) is 5. The highest BCUT2D eigenvalue weighted by Crippen LogP contribution is 2.28. The van der Waals surface area contributed by atoms with Crippen molar-refractivity contribution in [1.82, 2.24) is 14.9 Å². The van der Waals surface area contributed by atoms with E-state index in [0.29, 0.717) is 12.5 Å². The average Bonchev–Trinajstić information content (AvgIpc) is 3.00. The Morgan fingerprint density at radius 3 is 2.77 bits per heavy atom. The Hall–Kier alpha value is -1.69. The van der Waals surface area contributed by atoms with Crippen LogP contribution in [-0.2, 0) is 4.79 Å². The fraction of sp³-hybridized carbons (Fsp3) is 0.688. The summed E-state index contributed by atoms with van der Waals surface area (Å²) < 4.78 is 0. The van der Waals surface area contributed by atoms with Crippen LogP contribution in [0.2, 0.25) is 0 Å². The number of carbonyl (C=O) groups is 1. The third kappa shape index (κ3) is 3.55. The van der Waals surface area contributed by atoms with Gasteiger partial charge in [-0.2, -0.15) is 0 Å². The molecule has 1 aromatic heterocycles. The van der Waals surface area contributed by atoms with Crippen LogP contribution in [0.25, 0.3) is 0 Å². The fourth-order valence-electron chi connectivity index (χ4n) is 3.55. The third-order valence-corrected chi connectivity index (χ3v) is 4.58. The molecule has 2 saturated heterocycles. The highest BCUT2D eigenvalue weighted by atomic mass is 16.1. The third-order valence-electron chi connectivity index (χ3n) is 4.58. The number of aryl methyl sites for hydroxylation is 1. The molecule has 2 aliphatic rings. The minimum atomic E-state index is -0.253. The van der Waals surface area contributed by atoms with Gasteiger partial charge in [0.25, 0.3) is 0 Å². The Balaban J connectivity index is 1.76. The maximum atomic E-state index is 11.1. The molecule has 3 rings (SSSR count). The molecule has 2 aliphatic heterocycles. The summed E-state index contributed by atoms with van der Waals surface area (Å²) in [6.45, 7) is 6.30. The van der Waals surface area contributed by atoms with Crippen molar-refractivity contribution >= 4 is 11.7 Å². The summed E-state index contributed by atoms with van der Waals surface area (Å²) in [4.78, 5) is 24.9. The first-order chi connectivity index (χ1) is 10.6. The molecule has 22 heavy (non-hydrogen) atoms. The molecule has 0 radical (unpaired) electrons. The molecule has 120 valence electrons. The van der Waals surface area contributed by atoms with Gasteiger partial charge in [-0.3, -0.25) is 9.69 Å². The number of hydrogen-bond donors (Lipinski definition) is 1. The summed E-state index contributed by atoms with van der Waals surface area (Å²) in [5, 5.41) is 0. The van der Waals surface area contributed by atoms with Gasteiger partial charge in [-0.15, -0.1) is 0 Å². The Labute approximate surface area is 131 Å². The molecule has 0 aliphatic carbocycles. The van der Waals surface area contributed by atoms with Crippen LogP contribution < -0.4 is 10.6 Å². The summed E-state index contributed by atoms with van der Waals surface area (Å²) in [7, 11) is 0. The summed E-state index contributed by atoms with van der Waals surface area (Å²) in [5.41, 5.74) is 6.44. The van der Waals surface area contributed by atoms with Crippen molar-refractivity contribution in [2.45, 2.75) is 38.5 Å². The molecule has 6 heteroatoms. The van der Waals surface area contributed by atoms with Gasteiger partial charge in [0.1, 0.15) is 11.6 Å². The summed E-state index contributed by atoms with van der Waals surface area (Å²) in [6.07, 6.45) is 4.69. The van der Waals surface area contributed by atoms with Crippen LogP contribution in [0.5, 0.6) is 0 Å². The predicted molar refractivity (Wildman–Crippen MR) is 85.8 cm³/mol. The topological polar surface area (TPSA) is 75.4 Å². The number of nitrogens with zero attached hydrogens (tertiary/aromatic N) is 4. The van der Waals surface area contributed by atoms with E-state index in [2.05, 4.69) is 25.8 Å². The first-order valence-corrected chi connectivity index (χ1v) is 8.23. The first-order valence-electron chi connectivity index (χ1n) is 8.23. The Bertz CT molecular complexity index is 541. The molecule has 1 amide bonds. The highest BCUT2D eigenvalue weighted by molar-refractivity contribution is 5.75. The standard InChI is InChI=1S/C16H25N5O/c1-12-18-14(9-16(19-12)21-7-2-3-8-21)13-5-4-6-20(10-13)11-15(17)22/h9,13H,2-8,10-11H2,1H3,(H2,17,22)/t13-/m1/s1. The molecule has 0 spiro atoms. The molecular formula is C16H25N5O. The van der Waals surface area contributed by atoms with Gasteiger partial charge in [0.05, 0.1) is 12.2 Å². The van der Waals surface area contributed by atoms with Crippen LogP contribution in [0.1, 0.15) is 43.1 Å². The molecule has 6 nitrogen and oxygen atoms in total. The smallest absolute Gasteiger partial charge is 0.231 e. The lowest BCUT2D eigenvalue weighted by molar-refractivity contribution is -0.119. The van der Waals surface area contributed by atoms with Crippen molar-refractivity contribution in [3.63, 3.8) is 0 Å². The van der Waals surface area contributed by atoms with Crippen molar-refractivity contribution in [1.29, 1.82) is 0 Å². The molecule has 1 atom stereocenters. The number of aromatic nitrogens is 2. The number of nitrogens with two attached hydrogens (primary N) is 1. The van der Waals surface area contributed by atoms with Gasteiger partial charge in [-0.25, -0.2) is 9.97 Å². The van der Waals surface area contributed by atoms with Gasteiger partial charge in [0, 0.05) is 31.6 Å². The Kier molecular flexibility index (Phi) is 4.57. The number of rotatable bonds is 4. The monoisotopic (exact) mass is 303 g/mol. The Morgan fingerprint density at radius 2 is 2.05 bits per heavy atom. The van der Waals surface area contributed by atoms with Crippen LogP contribution in [0, 0.1) is 6.92 Å². The van der Waals surface area contributed by atoms with E-state index in [1.807, 2.05) is 6.92 Å². The lowest BCUT2D eigenvalue weighted by Gasteiger charge is -2.32. The SMILES string of the molecule is Cc1nc([C@@H]2CCCN(CC(N)=O)C2)cc(N2CCCC2)n1. The average molecular weight is 303 g/mol. The van der Waals surface area contributed by atoms with Crippen molar-refractivity contribution in [3.05, 3.63) is 17.6 Å². The van der Waals surface area contributed by atoms with E-state index in [0.717, 1.165) is 56.4 Å². The van der Waals surface area contributed by atoms with Gasteiger partial charge < -0.3 is 10.6 Å². The second-order valence-electron chi connectivity index (χ2n) is 6.43. The maximum absolute atomic E-state index is 11.1. The van der Waals surface area contributed by atoms with Crippen LogP contribution in [0.4, 0.5) is 5.82 Å². The number of primary amides is 1. The minimum absolute atomic E-state index is 0.253. The molecule has 0 aromatic carbocycles. The highest BCUT2D eigenvalue weighted by Gasteiger charge is 2.25. The van der Waals surface area contributed by atoms with E-state index < -0.39 is 0 Å². The summed E-state index contributed by atoms with van der Waals surface area (Å²) in [6, 6.07) is 2.15. The minimum Gasteiger partial charge on any atom is -0.369 e. The lowest BCUT2D eigenvalue weighted by atomic mass is 9.94. The second-order valence-corrected chi connectivity index (χ2v) is 6.43. The van der Waals surface area contributed by atoms with Crippen LogP contribution in [-0.4, -0.2) is 53.5 Å². The van der Waals surface area contributed by atoms with Crippen LogP contribution >= 0.6 is 0 Å². The van der Waals surface area contributed by atoms with E-state index in [1.165, 1.54) is 12.8 Å². The van der Waals surface area contributed by atoms with Gasteiger partial charge >= 0.3 is 0 Å². The largest absolute Gasteiger partial charge is 0.369 e. The normalized spacial score (nSPS) is 23.0. The van der Waals surface area contributed by atoms with Crippen molar-refractivity contribution in [3.8, 4) is 0 Å². The van der Waals surface area contributed by atoms with Gasteiger partial charge in [0.2, 0.25) is 5.91 Å². The molecule has 2 N–H and O–H groups in total. The quantitative estimate of drug-likeness (QED) is 0.900. The van der Waals surface area contributed by atoms with Gasteiger partial charge in [-0.05, 0) is 39.2 Å². The van der Waals surface area contributed by atoms with E-state index in [1.54, 1.807) is 0 Å². The van der Waals surface area contributed by atoms with E-state index >= 15 is 0 Å². The molecule has 3 heterocycles. The van der Waals surface area contributed by atoms with Crippen molar-refractivity contribution in [2.75, 3.05) is 37.6 Å². The molecule has 0 bridgehead atoms. The van der Waals surface area contributed by atoms with Gasteiger partial charge in [-0.1, -0.05) is 0 Å². The lowest BCUT2D eigenvalue weighted by Crippen LogP contribution is -2.40. The molecule has 0 saturated carbocycles. The number of amides is 1. The van der Waals surface area contributed by atoms with Crippen LogP contribution in [0.15, 0.2) is 6.07 Å². The summed E-state index contributed by atoms with van der Waals surface area (Å²) in [5.74, 6) is 2.02. The summed E-state index contributed by atoms with van der Waals surface area (Å²) >= 11 is 0. The van der Waals surface area contributed by atoms with Crippen LogP contribution in [0.3, 0.4) is 0 Å². The zero-order valence-corrected chi connectivity index (χ0v) is 13.3. The first kappa shape index (κ1) is 15.2. The predicted octanol–water partition coefficient (Wildman–Crippen LogP) is 1.05. The van der Waals surface area contributed by atoms with E-state index in [4.69, 9.17) is 5.73 Å². The van der Waals surface area contributed by atoms with Gasteiger partial charge in [0.15, 0.2) is 0 Å². The zero-order chi connectivity index (χ0) is 15.5. The van der Waals surface area contributed by atoms with Crippen molar-refractivity contribution < 1.29 is 4.79 Å². The second kappa shape index (κ2) is 6.60. The molecule has 0 unspecified atom stereocenters. The molecule has 1 aromatic rings. The van der Waals surface area contributed by atoms with Crippen molar-refractivity contribution in [2.24, 2.45) is 5.73 Å². The zero-order valence-electron chi connectivity index (χ0n) is 13.3. The number of piperidine rings is 1. The van der Waals surface area contributed by atoms with E-state index in [-0.39, 0.29) is 5.91 Å². The number of anilines is 1. The maximum Gasteiger partial charge on any atom is 0.231 e. The fourth-order valence-corrected chi connectivity index (χ4v) is 3.55. The Morgan fingerprint density at radius 1 is 1.27 bits per heavy atom. The van der Waals surface area contributed by atoms with E-state index in [9.17, 15) is 4.79 Å². The molecule has 2 fully saturated rings.